The number of para-hydroxylation sites is 1. The van der Waals surface area contributed by atoms with Crippen LogP contribution in [-0.2, 0) is 20.8 Å². The van der Waals surface area contributed by atoms with Crippen LogP contribution in [0.2, 0.25) is 0 Å². The number of carbonyl (C=O) groups is 1. The smallest absolute Gasteiger partial charge is 0.361 e. The number of carbonyl (C=O) groups excluding carboxylic acids is 3. The van der Waals surface area contributed by atoms with E-state index in [-0.39, 0.29) is 12.1 Å². The number of fused-ring (bicyclic) bond motifs is 1. The topological polar surface area (TPSA) is 79.0 Å². The molecule has 2 N–H and O–H groups in total. The Bertz CT molecular complexity index is 766. The van der Waals surface area contributed by atoms with Crippen molar-refractivity contribution in [2.45, 2.75) is 20.3 Å². The van der Waals surface area contributed by atoms with E-state index in [9.17, 15) is 4.79 Å². The van der Waals surface area contributed by atoms with Crippen LogP contribution in [0.5, 0.6) is 0 Å². The summed E-state index contributed by atoms with van der Waals surface area (Å²) in [5.41, 5.74) is 6.13. The van der Waals surface area contributed by atoms with E-state index in [4.69, 9.17) is 9.59 Å². The summed E-state index contributed by atoms with van der Waals surface area (Å²) in [7, 11) is 0. The van der Waals surface area contributed by atoms with Crippen LogP contribution in [0, 0.1) is 6.92 Å². The molecule has 1 aromatic heterocycles. The van der Waals surface area contributed by atoms with Crippen LogP contribution in [0.1, 0.15) is 29.3 Å². The van der Waals surface area contributed by atoms with Crippen molar-refractivity contribution in [1.29, 1.82) is 0 Å². The normalized spacial score (nSPS) is 13.9. The molecule has 0 spiro atoms. The van der Waals surface area contributed by atoms with Gasteiger partial charge in [0.15, 0.2) is 0 Å². The molecule has 2 heterocycles. The summed E-state index contributed by atoms with van der Waals surface area (Å²) >= 11 is 0. The van der Waals surface area contributed by atoms with Gasteiger partial charge in [0.1, 0.15) is 0 Å². The highest BCUT2D eigenvalue weighted by atomic mass is 16.2. The molecule has 0 fully saturated rings. The van der Waals surface area contributed by atoms with Gasteiger partial charge in [-0.1, -0.05) is 25.1 Å². The van der Waals surface area contributed by atoms with E-state index < -0.39 is 0 Å². The Morgan fingerprint density at radius 2 is 1.91 bits per heavy atom. The summed E-state index contributed by atoms with van der Waals surface area (Å²) in [6.45, 7) is 4.21. The van der Waals surface area contributed by atoms with E-state index in [1.54, 1.807) is 0 Å². The van der Waals surface area contributed by atoms with Crippen molar-refractivity contribution in [3.63, 3.8) is 0 Å². The van der Waals surface area contributed by atoms with Crippen LogP contribution < -0.4 is 5.32 Å². The van der Waals surface area contributed by atoms with Crippen molar-refractivity contribution in [3.05, 3.63) is 52.8 Å². The van der Waals surface area contributed by atoms with Gasteiger partial charge in [-0.2, -0.15) is 9.59 Å². The quantitative estimate of drug-likeness (QED) is 0.836. The zero-order chi connectivity index (χ0) is 16.1. The first kappa shape index (κ1) is 15.5. The van der Waals surface area contributed by atoms with Crippen LogP contribution in [0.15, 0.2) is 30.5 Å². The van der Waals surface area contributed by atoms with Gasteiger partial charge in [-0.15, -0.1) is 0 Å². The molecule has 0 bridgehead atoms. The third-order valence-corrected chi connectivity index (χ3v) is 3.60. The Hall–Kier alpha value is -2.91. The van der Waals surface area contributed by atoms with Gasteiger partial charge in [0.05, 0.1) is 5.57 Å². The van der Waals surface area contributed by atoms with Crippen molar-refractivity contribution in [2.75, 3.05) is 5.32 Å². The Morgan fingerprint density at radius 1 is 1.23 bits per heavy atom. The zero-order valence-corrected chi connectivity index (χ0v) is 12.4. The fourth-order valence-electron chi connectivity index (χ4n) is 2.60. The van der Waals surface area contributed by atoms with Crippen LogP contribution in [0.3, 0.4) is 0 Å². The minimum absolute atomic E-state index is 0.0319. The second-order valence-electron chi connectivity index (χ2n) is 4.86. The van der Waals surface area contributed by atoms with E-state index in [0.717, 1.165) is 28.9 Å². The maximum atomic E-state index is 12.0. The van der Waals surface area contributed by atoms with E-state index in [0.29, 0.717) is 0 Å². The molecule has 0 saturated carbocycles. The van der Waals surface area contributed by atoms with Crippen molar-refractivity contribution in [3.8, 4) is 0 Å². The molecule has 1 aliphatic rings. The van der Waals surface area contributed by atoms with Crippen LogP contribution in [-0.4, -0.2) is 17.0 Å². The summed E-state index contributed by atoms with van der Waals surface area (Å²) in [5, 5.41) is 2.89. The first-order valence-corrected chi connectivity index (χ1v) is 6.91. The molecule has 1 aliphatic heterocycles. The van der Waals surface area contributed by atoms with Gasteiger partial charge in [0.25, 0.3) is 5.91 Å². The predicted molar refractivity (Wildman–Crippen MR) is 82.9 cm³/mol. The second-order valence-corrected chi connectivity index (χ2v) is 4.86. The molecule has 112 valence electrons. The van der Waals surface area contributed by atoms with E-state index >= 15 is 0 Å². The van der Waals surface area contributed by atoms with Crippen molar-refractivity contribution in [2.24, 2.45) is 0 Å². The lowest BCUT2D eigenvalue weighted by Crippen LogP contribution is -2.03. The third-order valence-electron chi connectivity index (χ3n) is 3.60. The van der Waals surface area contributed by atoms with E-state index in [1.165, 1.54) is 11.1 Å². The van der Waals surface area contributed by atoms with Gasteiger partial charge >= 0.3 is 6.15 Å². The lowest BCUT2D eigenvalue weighted by Gasteiger charge is -2.00. The first-order chi connectivity index (χ1) is 10.6. The molecule has 5 heteroatoms. The van der Waals surface area contributed by atoms with Gasteiger partial charge in [-0.25, -0.2) is 0 Å². The number of amides is 1. The largest absolute Gasteiger partial charge is 0.373 e. The maximum Gasteiger partial charge on any atom is 0.373 e. The average Bonchev–Trinajstić information content (AvgIpc) is 3.01. The molecule has 1 aromatic carbocycles. The maximum absolute atomic E-state index is 12.0. The van der Waals surface area contributed by atoms with Crippen molar-refractivity contribution in [1.82, 2.24) is 4.98 Å². The van der Waals surface area contributed by atoms with Crippen molar-refractivity contribution < 1.29 is 14.4 Å². The molecule has 0 aliphatic carbocycles. The lowest BCUT2D eigenvalue weighted by molar-refractivity contribution is -0.191. The highest BCUT2D eigenvalue weighted by Gasteiger charge is 2.23. The highest BCUT2D eigenvalue weighted by molar-refractivity contribution is 6.34. The molecule has 0 unspecified atom stereocenters. The predicted octanol–water partition coefficient (Wildman–Crippen LogP) is 2.79. The number of anilines is 1. The molecule has 1 amide bonds. The molecule has 0 saturated heterocycles. The Labute approximate surface area is 128 Å². The molecule has 3 rings (SSSR count). The number of H-pyrrole nitrogens is 1. The first-order valence-electron chi connectivity index (χ1n) is 6.91. The van der Waals surface area contributed by atoms with Gasteiger partial charge in [-0.3, -0.25) is 4.79 Å². The van der Waals surface area contributed by atoms with Gasteiger partial charge in [0.2, 0.25) is 0 Å². The SMILES string of the molecule is CCc1c(C)c[nH]c1/C=C1\C(=O)Nc2ccccc21.O=C=O. The summed E-state index contributed by atoms with van der Waals surface area (Å²) in [6.07, 6.45) is 5.15. The molecule has 2 aromatic rings. The molecular formula is C17H16N2O3. The third kappa shape index (κ3) is 2.90. The number of aromatic nitrogens is 1. The summed E-state index contributed by atoms with van der Waals surface area (Å²) < 4.78 is 0. The second kappa shape index (κ2) is 6.70. The van der Waals surface area contributed by atoms with Crippen LogP contribution >= 0.6 is 0 Å². The Kier molecular flexibility index (Phi) is 4.71. The van der Waals surface area contributed by atoms with Crippen LogP contribution in [0.4, 0.5) is 5.69 Å². The fraction of sp³-hybridized carbons (Fsp3) is 0.176. The lowest BCUT2D eigenvalue weighted by atomic mass is 10.0. The zero-order valence-electron chi connectivity index (χ0n) is 12.4. The number of nitrogens with one attached hydrogen (secondary N) is 2. The summed E-state index contributed by atoms with van der Waals surface area (Å²) in [6, 6.07) is 7.78. The summed E-state index contributed by atoms with van der Waals surface area (Å²) in [5.74, 6) is -0.0319. The number of aromatic amines is 1. The van der Waals surface area contributed by atoms with Crippen molar-refractivity contribution >= 4 is 29.4 Å². The molecule has 22 heavy (non-hydrogen) atoms. The van der Waals surface area contributed by atoms with Gasteiger partial charge < -0.3 is 10.3 Å². The Balaban J connectivity index is 0.000000545. The molecular weight excluding hydrogens is 280 g/mol. The summed E-state index contributed by atoms with van der Waals surface area (Å²) in [4.78, 5) is 31.5. The van der Waals surface area contributed by atoms with E-state index in [1.807, 2.05) is 36.5 Å². The minimum Gasteiger partial charge on any atom is -0.361 e. The average molecular weight is 296 g/mol. The minimum atomic E-state index is -0.0319. The standard InChI is InChI=1S/C16H16N2O.CO2/c1-3-11-10(2)9-17-15(11)8-13-12-6-4-5-7-14(12)18-16(13)19;2-1-3/h4-9,17H,3H2,1-2H3,(H,18,19);/b13-8-;. The number of rotatable bonds is 2. The number of hydrogen-bond acceptors (Lipinski definition) is 3. The van der Waals surface area contributed by atoms with E-state index in [2.05, 4.69) is 24.1 Å². The monoisotopic (exact) mass is 296 g/mol. The van der Waals surface area contributed by atoms with Gasteiger partial charge in [-0.05, 0) is 36.6 Å². The van der Waals surface area contributed by atoms with Gasteiger partial charge in [0, 0.05) is 23.1 Å². The highest BCUT2D eigenvalue weighted by Crippen LogP contribution is 2.33. The fourth-order valence-corrected chi connectivity index (χ4v) is 2.60. The molecule has 0 atom stereocenters. The number of benzene rings is 1. The molecule has 5 nitrogen and oxygen atoms in total. The van der Waals surface area contributed by atoms with Crippen LogP contribution in [0.25, 0.3) is 11.6 Å². The Morgan fingerprint density at radius 3 is 2.59 bits per heavy atom. The molecule has 0 radical (unpaired) electrons. The number of hydrogen-bond donors (Lipinski definition) is 2. The number of aryl methyl sites for hydroxylation is 1.